The predicted molar refractivity (Wildman–Crippen MR) is 133 cm³/mol. The molecule has 0 spiro atoms. The fourth-order valence-corrected chi connectivity index (χ4v) is 5.24. The van der Waals surface area contributed by atoms with Crippen molar-refractivity contribution in [3.05, 3.63) is 54.1 Å². The molecule has 0 radical (unpaired) electrons. The molecule has 1 amide bonds. The zero-order valence-electron chi connectivity index (χ0n) is 19.3. The maximum Gasteiger partial charge on any atom is 0.254 e. The Kier molecular flexibility index (Phi) is 6.06. The number of fused-ring (bicyclic) bond motifs is 2. The van der Waals surface area contributed by atoms with Crippen molar-refractivity contribution in [1.29, 1.82) is 0 Å². The lowest BCUT2D eigenvalue weighted by molar-refractivity contribution is 0.0622. The minimum atomic E-state index is -0.326. The molecule has 0 N–H and O–H groups in total. The van der Waals surface area contributed by atoms with Gasteiger partial charge in [0.05, 0.1) is 17.4 Å². The quantitative estimate of drug-likeness (QED) is 0.371. The summed E-state index contributed by atoms with van der Waals surface area (Å²) in [6, 6.07) is 9.27. The third-order valence-corrected chi connectivity index (χ3v) is 7.24. The summed E-state index contributed by atoms with van der Waals surface area (Å²) in [5.74, 6) is 0.474. The van der Waals surface area contributed by atoms with E-state index in [1.165, 1.54) is 44.4 Å². The zero-order chi connectivity index (χ0) is 22.5. The molecule has 2 saturated carbocycles. The number of hydrogen-bond acceptors (Lipinski definition) is 3. The number of aryl methyl sites for hydroxylation is 1. The van der Waals surface area contributed by atoms with E-state index in [1.807, 2.05) is 25.2 Å². The minimum absolute atomic E-state index is 0. The van der Waals surface area contributed by atoms with Crippen LogP contribution in [-0.2, 0) is 7.05 Å². The fourth-order valence-electron chi connectivity index (χ4n) is 5.24. The second-order valence-electron chi connectivity index (χ2n) is 9.62. The maximum absolute atomic E-state index is 13.9. The molecule has 34 heavy (non-hydrogen) atoms. The van der Waals surface area contributed by atoms with Crippen molar-refractivity contribution in [3.63, 3.8) is 0 Å². The smallest absolute Gasteiger partial charge is 0.254 e. The topological polar surface area (TPSA) is 55.4 Å². The van der Waals surface area contributed by atoms with E-state index in [4.69, 9.17) is 5.10 Å². The number of rotatable bonds is 5. The number of amides is 1. The van der Waals surface area contributed by atoms with Crippen molar-refractivity contribution in [3.8, 4) is 11.4 Å². The van der Waals surface area contributed by atoms with Crippen LogP contribution in [0.5, 0.6) is 0 Å². The van der Waals surface area contributed by atoms with Crippen molar-refractivity contribution in [2.45, 2.75) is 51.0 Å². The highest BCUT2D eigenvalue weighted by molar-refractivity contribution is 6.01. The highest BCUT2D eigenvalue weighted by Crippen LogP contribution is 2.34. The van der Waals surface area contributed by atoms with E-state index in [1.54, 1.807) is 21.3 Å². The van der Waals surface area contributed by atoms with E-state index in [0.29, 0.717) is 23.2 Å². The summed E-state index contributed by atoms with van der Waals surface area (Å²) in [6.45, 7) is 0.881. The molecule has 4 aromatic rings. The number of aromatic nitrogens is 4. The van der Waals surface area contributed by atoms with Crippen LogP contribution in [0.2, 0.25) is 0 Å². The van der Waals surface area contributed by atoms with Crippen molar-refractivity contribution in [2.24, 2.45) is 13.0 Å². The summed E-state index contributed by atoms with van der Waals surface area (Å²) in [5.41, 5.74) is 3.73. The molecule has 2 fully saturated rings. The van der Waals surface area contributed by atoms with Gasteiger partial charge in [0.2, 0.25) is 0 Å². The molecule has 6 rings (SSSR count). The zero-order valence-corrected chi connectivity index (χ0v) is 20.1. The van der Waals surface area contributed by atoms with E-state index < -0.39 is 0 Å². The summed E-state index contributed by atoms with van der Waals surface area (Å²) in [4.78, 5) is 20.2. The van der Waals surface area contributed by atoms with Crippen LogP contribution in [0, 0.1) is 11.7 Å². The van der Waals surface area contributed by atoms with Crippen molar-refractivity contribution >= 4 is 34.9 Å². The number of hydrogen-bond donors (Lipinski definition) is 0. The lowest BCUT2D eigenvalue weighted by Gasteiger charge is -2.34. The molecule has 0 unspecified atom stereocenters. The summed E-state index contributed by atoms with van der Waals surface area (Å²) in [6.07, 6.45) is 11.5. The van der Waals surface area contributed by atoms with Gasteiger partial charge in [0.15, 0.2) is 0 Å². The van der Waals surface area contributed by atoms with Gasteiger partial charge in [-0.25, -0.2) is 9.37 Å². The molecule has 0 atom stereocenters. The van der Waals surface area contributed by atoms with E-state index in [-0.39, 0.29) is 24.1 Å². The Morgan fingerprint density at radius 2 is 1.91 bits per heavy atom. The van der Waals surface area contributed by atoms with Crippen LogP contribution < -0.4 is 0 Å². The molecule has 0 saturated heterocycles. The van der Waals surface area contributed by atoms with E-state index in [0.717, 1.165) is 41.7 Å². The number of benzene rings is 1. The highest BCUT2D eigenvalue weighted by Gasteiger charge is 2.32. The Morgan fingerprint density at radius 1 is 1.12 bits per heavy atom. The van der Waals surface area contributed by atoms with Crippen molar-refractivity contribution < 1.29 is 9.18 Å². The van der Waals surface area contributed by atoms with Gasteiger partial charge in [-0.15, -0.1) is 12.4 Å². The summed E-state index contributed by atoms with van der Waals surface area (Å²) < 4.78 is 17.4. The average Bonchev–Trinajstić information content (AvgIpc) is 3.49. The normalized spacial score (nSPS) is 16.6. The van der Waals surface area contributed by atoms with Gasteiger partial charge >= 0.3 is 0 Å². The Balaban J connectivity index is 0.00000241. The van der Waals surface area contributed by atoms with Gasteiger partial charge < -0.3 is 4.90 Å². The number of carbonyl (C=O) groups is 1. The second kappa shape index (κ2) is 9.02. The lowest BCUT2D eigenvalue weighted by atomic mass is 9.93. The van der Waals surface area contributed by atoms with Crippen LogP contribution in [0.15, 0.2) is 42.7 Å². The Labute approximate surface area is 204 Å². The first kappa shape index (κ1) is 22.8. The van der Waals surface area contributed by atoms with Gasteiger partial charge in [0.25, 0.3) is 5.91 Å². The van der Waals surface area contributed by atoms with Crippen molar-refractivity contribution in [1.82, 2.24) is 24.1 Å². The molecule has 2 aliphatic carbocycles. The first-order valence-electron chi connectivity index (χ1n) is 12.0. The third kappa shape index (κ3) is 4.06. The van der Waals surface area contributed by atoms with Crippen LogP contribution in [0.25, 0.3) is 27.9 Å². The number of halogens is 2. The molecule has 0 bridgehead atoms. The van der Waals surface area contributed by atoms with Crippen LogP contribution in [0.1, 0.15) is 55.3 Å². The molecule has 2 aliphatic rings. The molecule has 6 nitrogen and oxygen atoms in total. The van der Waals surface area contributed by atoms with Gasteiger partial charge in [-0.2, -0.15) is 5.10 Å². The van der Waals surface area contributed by atoms with Crippen LogP contribution in [0.3, 0.4) is 0 Å². The Morgan fingerprint density at radius 3 is 2.68 bits per heavy atom. The molecule has 0 aliphatic heterocycles. The Hall–Kier alpha value is -2.93. The van der Waals surface area contributed by atoms with E-state index in [2.05, 4.69) is 9.88 Å². The first-order chi connectivity index (χ1) is 16.1. The highest BCUT2D eigenvalue weighted by atomic mass is 35.5. The largest absolute Gasteiger partial charge is 0.335 e. The molecule has 3 heterocycles. The summed E-state index contributed by atoms with van der Waals surface area (Å²) in [7, 11) is 1.88. The van der Waals surface area contributed by atoms with E-state index >= 15 is 0 Å². The minimum Gasteiger partial charge on any atom is -0.335 e. The number of imidazole rings is 1. The van der Waals surface area contributed by atoms with Gasteiger partial charge in [-0.05, 0) is 61.9 Å². The molecule has 8 heteroatoms. The predicted octanol–water partition coefficient (Wildman–Crippen LogP) is 5.63. The SMILES string of the molecule is Cl.Cn1nc(-c2cnc3ccc(F)cn23)c2ccc(C(=O)N(CC3CC3)C3CCCCC3)cc21. The standard InChI is InChI=1S/C26H28FN5O.ClH/c1-30-22-13-18(26(33)31(15-17-7-8-17)20-5-3-2-4-6-20)9-11-21(22)25(29-30)23-14-28-24-12-10-19(27)16-32(23)24;/h9-14,16-17,20H,2-8,15H2,1H3;1H. The fraction of sp³-hybridized carbons (Fsp3) is 0.423. The monoisotopic (exact) mass is 481 g/mol. The van der Waals surface area contributed by atoms with Crippen LogP contribution in [-0.4, -0.2) is 42.6 Å². The summed E-state index contributed by atoms with van der Waals surface area (Å²) in [5, 5.41) is 5.64. The number of pyridine rings is 1. The second-order valence-corrected chi connectivity index (χ2v) is 9.62. The van der Waals surface area contributed by atoms with Crippen LogP contribution >= 0.6 is 12.4 Å². The number of carbonyl (C=O) groups excluding carboxylic acids is 1. The molecular weight excluding hydrogens is 453 g/mol. The molecule has 178 valence electrons. The van der Waals surface area contributed by atoms with Crippen molar-refractivity contribution in [2.75, 3.05) is 6.54 Å². The first-order valence-corrected chi connectivity index (χ1v) is 12.0. The maximum atomic E-state index is 13.9. The third-order valence-electron chi connectivity index (χ3n) is 7.24. The van der Waals surface area contributed by atoms with Gasteiger partial charge in [-0.1, -0.05) is 19.3 Å². The van der Waals surface area contributed by atoms with Gasteiger partial charge in [0.1, 0.15) is 17.2 Å². The Bertz CT molecular complexity index is 1350. The molecular formula is C26H29ClFN5O. The van der Waals surface area contributed by atoms with Crippen LogP contribution in [0.4, 0.5) is 4.39 Å². The van der Waals surface area contributed by atoms with Gasteiger partial charge in [-0.3, -0.25) is 13.9 Å². The molecule has 3 aromatic heterocycles. The average molecular weight is 482 g/mol. The van der Waals surface area contributed by atoms with Gasteiger partial charge in [0, 0.05) is 36.8 Å². The summed E-state index contributed by atoms with van der Waals surface area (Å²) >= 11 is 0. The molecule has 1 aromatic carbocycles. The van der Waals surface area contributed by atoms with E-state index in [9.17, 15) is 9.18 Å². The number of nitrogens with zero attached hydrogens (tertiary/aromatic N) is 5. The lowest BCUT2D eigenvalue weighted by Crippen LogP contribution is -2.42.